The maximum absolute atomic E-state index is 12.6. The van der Waals surface area contributed by atoms with Gasteiger partial charge in [0, 0.05) is 50.6 Å². The molecule has 2 fully saturated rings. The molecule has 0 radical (unpaired) electrons. The second-order valence-electron chi connectivity index (χ2n) is 8.40. The SMILES string of the molecule is NC(=O)[C@@H]1CN(Cc2ccccc2)CCN1CC(=O)Nc1ccc(N2CCCC2)cc1. The van der Waals surface area contributed by atoms with Crippen LogP contribution in [0.2, 0.25) is 0 Å². The summed E-state index contributed by atoms with van der Waals surface area (Å²) in [4.78, 5) is 31.2. The van der Waals surface area contributed by atoms with E-state index in [2.05, 4.69) is 39.4 Å². The third kappa shape index (κ3) is 5.62. The van der Waals surface area contributed by atoms with Gasteiger partial charge in [-0.05, 0) is 42.7 Å². The third-order valence-electron chi connectivity index (χ3n) is 6.12. The number of benzene rings is 2. The van der Waals surface area contributed by atoms with E-state index in [0.717, 1.165) is 31.9 Å². The molecule has 2 aliphatic heterocycles. The van der Waals surface area contributed by atoms with Crippen molar-refractivity contribution in [3.8, 4) is 0 Å². The quantitative estimate of drug-likeness (QED) is 0.714. The van der Waals surface area contributed by atoms with Crippen molar-refractivity contribution in [3.05, 3.63) is 60.2 Å². The second kappa shape index (κ2) is 9.94. The number of nitrogens with zero attached hydrogens (tertiary/aromatic N) is 3. The van der Waals surface area contributed by atoms with Crippen molar-refractivity contribution >= 4 is 23.2 Å². The van der Waals surface area contributed by atoms with E-state index in [4.69, 9.17) is 5.73 Å². The normalized spacial score (nSPS) is 20.0. The van der Waals surface area contributed by atoms with Crippen LogP contribution in [0.3, 0.4) is 0 Å². The number of nitrogens with two attached hydrogens (primary N) is 1. The number of anilines is 2. The zero-order valence-electron chi connectivity index (χ0n) is 17.9. The lowest BCUT2D eigenvalue weighted by Crippen LogP contribution is -2.59. The average molecular weight is 422 g/mol. The molecule has 0 unspecified atom stereocenters. The molecule has 4 rings (SSSR count). The highest BCUT2D eigenvalue weighted by Gasteiger charge is 2.32. The maximum atomic E-state index is 12.6. The molecule has 7 nitrogen and oxygen atoms in total. The molecule has 0 aromatic heterocycles. The molecular weight excluding hydrogens is 390 g/mol. The zero-order valence-corrected chi connectivity index (χ0v) is 17.9. The van der Waals surface area contributed by atoms with Crippen LogP contribution < -0.4 is 16.0 Å². The van der Waals surface area contributed by atoms with Crippen LogP contribution in [-0.4, -0.2) is 66.9 Å². The van der Waals surface area contributed by atoms with Crippen molar-refractivity contribution in [3.63, 3.8) is 0 Å². The topological polar surface area (TPSA) is 81.9 Å². The smallest absolute Gasteiger partial charge is 0.238 e. The zero-order chi connectivity index (χ0) is 21.6. The number of hydrogen-bond acceptors (Lipinski definition) is 5. The van der Waals surface area contributed by atoms with Gasteiger partial charge in [-0.25, -0.2) is 0 Å². The van der Waals surface area contributed by atoms with Gasteiger partial charge in [-0.15, -0.1) is 0 Å². The molecule has 0 bridgehead atoms. The third-order valence-corrected chi connectivity index (χ3v) is 6.12. The molecule has 1 atom stereocenters. The lowest BCUT2D eigenvalue weighted by Gasteiger charge is -2.39. The maximum Gasteiger partial charge on any atom is 0.238 e. The number of nitrogens with one attached hydrogen (secondary N) is 1. The Bertz CT molecular complexity index is 881. The number of piperazine rings is 1. The summed E-state index contributed by atoms with van der Waals surface area (Å²) in [6.45, 7) is 5.06. The van der Waals surface area contributed by atoms with Crippen molar-refractivity contribution in [2.24, 2.45) is 5.73 Å². The molecule has 0 saturated carbocycles. The number of amides is 2. The molecule has 3 N–H and O–H groups in total. The first-order valence-electron chi connectivity index (χ1n) is 11.0. The van der Waals surface area contributed by atoms with Crippen LogP contribution in [0, 0.1) is 0 Å². The van der Waals surface area contributed by atoms with E-state index in [0.29, 0.717) is 13.1 Å². The Morgan fingerprint density at radius 3 is 2.32 bits per heavy atom. The van der Waals surface area contributed by atoms with Crippen molar-refractivity contribution in [2.45, 2.75) is 25.4 Å². The fourth-order valence-electron chi connectivity index (χ4n) is 4.44. The highest BCUT2D eigenvalue weighted by Crippen LogP contribution is 2.22. The summed E-state index contributed by atoms with van der Waals surface area (Å²) in [7, 11) is 0. The van der Waals surface area contributed by atoms with Gasteiger partial charge in [-0.1, -0.05) is 30.3 Å². The summed E-state index contributed by atoms with van der Waals surface area (Å²) in [6.07, 6.45) is 2.47. The summed E-state index contributed by atoms with van der Waals surface area (Å²) < 4.78 is 0. The van der Waals surface area contributed by atoms with Crippen LogP contribution in [0.15, 0.2) is 54.6 Å². The van der Waals surface area contributed by atoms with E-state index >= 15 is 0 Å². The van der Waals surface area contributed by atoms with Gasteiger partial charge in [0.25, 0.3) is 0 Å². The summed E-state index contributed by atoms with van der Waals surface area (Å²) >= 11 is 0. The Morgan fingerprint density at radius 2 is 1.65 bits per heavy atom. The van der Waals surface area contributed by atoms with Gasteiger partial charge in [0.15, 0.2) is 0 Å². The highest BCUT2D eigenvalue weighted by atomic mass is 16.2. The Morgan fingerprint density at radius 1 is 0.935 bits per heavy atom. The van der Waals surface area contributed by atoms with Crippen LogP contribution in [0.4, 0.5) is 11.4 Å². The van der Waals surface area contributed by atoms with E-state index < -0.39 is 6.04 Å². The van der Waals surface area contributed by atoms with E-state index in [-0.39, 0.29) is 18.4 Å². The number of hydrogen-bond donors (Lipinski definition) is 2. The largest absolute Gasteiger partial charge is 0.372 e. The number of rotatable bonds is 7. The van der Waals surface area contributed by atoms with Crippen LogP contribution in [0.25, 0.3) is 0 Å². The summed E-state index contributed by atoms with van der Waals surface area (Å²) in [5, 5.41) is 2.95. The fraction of sp³-hybridized carbons (Fsp3) is 0.417. The Kier molecular flexibility index (Phi) is 6.84. The van der Waals surface area contributed by atoms with Crippen molar-refractivity contribution < 1.29 is 9.59 Å². The minimum atomic E-state index is -0.472. The molecule has 0 aliphatic carbocycles. The minimum absolute atomic E-state index is 0.128. The van der Waals surface area contributed by atoms with E-state index in [1.54, 1.807) is 0 Å². The molecule has 31 heavy (non-hydrogen) atoms. The van der Waals surface area contributed by atoms with E-state index in [9.17, 15) is 9.59 Å². The van der Waals surface area contributed by atoms with Crippen LogP contribution in [0.1, 0.15) is 18.4 Å². The molecular formula is C24H31N5O2. The van der Waals surface area contributed by atoms with Gasteiger partial charge in [0.1, 0.15) is 6.04 Å². The summed E-state index contributed by atoms with van der Waals surface area (Å²) in [5.41, 5.74) is 8.84. The first kappa shape index (κ1) is 21.3. The monoisotopic (exact) mass is 421 g/mol. The number of carbonyl (C=O) groups is 2. The van der Waals surface area contributed by atoms with Gasteiger partial charge in [-0.3, -0.25) is 19.4 Å². The molecule has 2 aliphatic rings. The van der Waals surface area contributed by atoms with E-state index in [1.807, 2.05) is 35.2 Å². The van der Waals surface area contributed by atoms with Gasteiger partial charge < -0.3 is 16.0 Å². The predicted molar refractivity (Wildman–Crippen MR) is 123 cm³/mol. The molecule has 7 heteroatoms. The molecule has 2 amide bonds. The summed E-state index contributed by atoms with van der Waals surface area (Å²) in [6, 6.07) is 17.7. The van der Waals surface area contributed by atoms with Crippen LogP contribution in [-0.2, 0) is 16.1 Å². The van der Waals surface area contributed by atoms with Crippen LogP contribution >= 0.6 is 0 Å². The first-order valence-corrected chi connectivity index (χ1v) is 11.0. The molecule has 2 aromatic rings. The minimum Gasteiger partial charge on any atom is -0.372 e. The van der Waals surface area contributed by atoms with Crippen molar-refractivity contribution in [1.82, 2.24) is 9.80 Å². The molecule has 0 spiro atoms. The Balaban J connectivity index is 1.31. The lowest BCUT2D eigenvalue weighted by atomic mass is 10.1. The summed E-state index contributed by atoms with van der Waals surface area (Å²) in [5.74, 6) is -0.516. The number of primary amides is 1. The van der Waals surface area contributed by atoms with Crippen molar-refractivity contribution in [2.75, 3.05) is 49.5 Å². The van der Waals surface area contributed by atoms with E-state index in [1.165, 1.54) is 24.1 Å². The average Bonchev–Trinajstić information content (AvgIpc) is 3.31. The lowest BCUT2D eigenvalue weighted by molar-refractivity contribution is -0.127. The molecule has 2 heterocycles. The molecule has 164 valence electrons. The van der Waals surface area contributed by atoms with Crippen LogP contribution in [0.5, 0.6) is 0 Å². The van der Waals surface area contributed by atoms with Crippen molar-refractivity contribution in [1.29, 1.82) is 0 Å². The van der Waals surface area contributed by atoms with Gasteiger partial charge in [0.2, 0.25) is 11.8 Å². The Hall–Kier alpha value is -2.90. The Labute approximate surface area is 183 Å². The van der Waals surface area contributed by atoms with Gasteiger partial charge in [0.05, 0.1) is 6.54 Å². The molecule has 2 aromatic carbocycles. The fourth-order valence-corrected chi connectivity index (χ4v) is 4.44. The first-order chi connectivity index (χ1) is 15.1. The number of carbonyl (C=O) groups excluding carboxylic acids is 2. The standard InChI is InChI=1S/C24H31N5O2/c25-24(31)22-17-27(16-19-6-2-1-3-7-19)14-15-29(22)18-23(30)26-20-8-10-21(11-9-20)28-12-4-5-13-28/h1-3,6-11,22H,4-5,12-18H2,(H2,25,31)(H,26,30)/t22-/m0/s1. The van der Waals surface area contributed by atoms with Gasteiger partial charge in [-0.2, -0.15) is 0 Å². The second-order valence-corrected chi connectivity index (χ2v) is 8.40. The van der Waals surface area contributed by atoms with Gasteiger partial charge >= 0.3 is 0 Å². The predicted octanol–water partition coefficient (Wildman–Crippen LogP) is 1.90. The molecule has 2 saturated heterocycles. The highest BCUT2D eigenvalue weighted by molar-refractivity contribution is 5.93.